The molecule has 2 aromatic rings. The summed E-state index contributed by atoms with van der Waals surface area (Å²) in [6, 6.07) is 11.2. The summed E-state index contributed by atoms with van der Waals surface area (Å²) < 4.78 is 41.7. The Kier molecular flexibility index (Phi) is 4.97. The number of benzene rings is 2. The van der Waals surface area contributed by atoms with Crippen molar-refractivity contribution >= 4 is 15.9 Å². The standard InChI is InChI=1S/C21H23FN2O3S/c1-2-4-15-7-9-16(10-8-15)28(26,27)23-13-20-18-5-3-6-19(22)17(18)11-12-24(20)21(25)14-23/h3,5-10,20H,2,4,11-14H2,1H3. The molecule has 0 N–H and O–H groups in total. The predicted octanol–water partition coefficient (Wildman–Crippen LogP) is 2.91. The Bertz CT molecular complexity index is 1000. The van der Waals surface area contributed by atoms with E-state index in [4.69, 9.17) is 0 Å². The zero-order valence-electron chi connectivity index (χ0n) is 15.8. The number of piperazine rings is 1. The topological polar surface area (TPSA) is 57.7 Å². The average molecular weight is 402 g/mol. The van der Waals surface area contributed by atoms with Crippen molar-refractivity contribution in [2.75, 3.05) is 19.6 Å². The van der Waals surface area contributed by atoms with E-state index in [0.29, 0.717) is 24.1 Å². The maximum atomic E-state index is 14.2. The van der Waals surface area contributed by atoms with Gasteiger partial charge in [0.05, 0.1) is 17.5 Å². The summed E-state index contributed by atoms with van der Waals surface area (Å²) >= 11 is 0. The lowest BCUT2D eigenvalue weighted by Gasteiger charge is -2.44. The highest BCUT2D eigenvalue weighted by Gasteiger charge is 2.41. The first-order valence-electron chi connectivity index (χ1n) is 9.57. The molecule has 28 heavy (non-hydrogen) atoms. The van der Waals surface area contributed by atoms with Gasteiger partial charge in [0, 0.05) is 13.1 Å². The molecule has 7 heteroatoms. The molecule has 0 aromatic heterocycles. The summed E-state index contributed by atoms with van der Waals surface area (Å²) in [6.07, 6.45) is 2.33. The lowest BCUT2D eigenvalue weighted by atomic mass is 9.91. The van der Waals surface area contributed by atoms with E-state index >= 15 is 0 Å². The van der Waals surface area contributed by atoms with Crippen LogP contribution in [0.15, 0.2) is 47.4 Å². The van der Waals surface area contributed by atoms with Crippen molar-refractivity contribution in [1.29, 1.82) is 0 Å². The summed E-state index contributed by atoms with van der Waals surface area (Å²) in [7, 11) is -3.80. The van der Waals surface area contributed by atoms with Crippen LogP contribution in [-0.2, 0) is 27.7 Å². The molecule has 1 saturated heterocycles. The van der Waals surface area contributed by atoms with E-state index in [1.807, 2.05) is 12.1 Å². The highest BCUT2D eigenvalue weighted by Crippen LogP contribution is 2.35. The molecule has 2 heterocycles. The number of nitrogens with zero attached hydrogens (tertiary/aromatic N) is 2. The van der Waals surface area contributed by atoms with Gasteiger partial charge in [-0.3, -0.25) is 4.79 Å². The molecule has 0 aliphatic carbocycles. The van der Waals surface area contributed by atoms with E-state index in [-0.39, 0.29) is 29.7 Å². The van der Waals surface area contributed by atoms with E-state index in [0.717, 1.165) is 18.4 Å². The Labute approximate surface area is 164 Å². The second-order valence-corrected chi connectivity index (χ2v) is 9.29. The van der Waals surface area contributed by atoms with Gasteiger partial charge in [-0.15, -0.1) is 0 Å². The fraction of sp³-hybridized carbons (Fsp3) is 0.381. The van der Waals surface area contributed by atoms with Gasteiger partial charge in [0.15, 0.2) is 0 Å². The monoisotopic (exact) mass is 402 g/mol. The molecular weight excluding hydrogens is 379 g/mol. The zero-order valence-corrected chi connectivity index (χ0v) is 16.6. The van der Waals surface area contributed by atoms with Gasteiger partial charge in [0.2, 0.25) is 15.9 Å². The molecule has 0 bridgehead atoms. The highest BCUT2D eigenvalue weighted by molar-refractivity contribution is 7.89. The fourth-order valence-corrected chi connectivity index (χ4v) is 5.55. The number of amides is 1. The molecule has 5 nitrogen and oxygen atoms in total. The summed E-state index contributed by atoms with van der Waals surface area (Å²) in [4.78, 5) is 14.5. The molecule has 2 aromatic carbocycles. The second kappa shape index (κ2) is 7.29. The fourth-order valence-electron chi connectivity index (χ4n) is 4.15. The number of carbonyl (C=O) groups excluding carboxylic acids is 1. The molecule has 0 spiro atoms. The van der Waals surface area contributed by atoms with Crippen LogP contribution in [0, 0.1) is 5.82 Å². The van der Waals surface area contributed by atoms with Crippen LogP contribution in [0.1, 0.15) is 36.1 Å². The highest BCUT2D eigenvalue weighted by atomic mass is 32.2. The number of hydrogen-bond acceptors (Lipinski definition) is 3. The third kappa shape index (κ3) is 3.22. The normalized spacial score (nSPS) is 20.0. The Balaban J connectivity index is 1.65. The van der Waals surface area contributed by atoms with Crippen molar-refractivity contribution in [1.82, 2.24) is 9.21 Å². The largest absolute Gasteiger partial charge is 0.333 e. The zero-order chi connectivity index (χ0) is 19.9. The number of rotatable bonds is 4. The van der Waals surface area contributed by atoms with E-state index < -0.39 is 16.1 Å². The molecular formula is C21H23FN2O3S. The number of sulfonamides is 1. The third-order valence-electron chi connectivity index (χ3n) is 5.60. The summed E-state index contributed by atoms with van der Waals surface area (Å²) in [5.74, 6) is -0.534. The van der Waals surface area contributed by atoms with E-state index in [1.165, 1.54) is 10.4 Å². The van der Waals surface area contributed by atoms with Gasteiger partial charge >= 0.3 is 0 Å². The van der Waals surface area contributed by atoms with Crippen LogP contribution in [0.2, 0.25) is 0 Å². The van der Waals surface area contributed by atoms with Crippen molar-refractivity contribution in [2.24, 2.45) is 0 Å². The minimum atomic E-state index is -3.80. The van der Waals surface area contributed by atoms with Crippen molar-refractivity contribution in [3.8, 4) is 0 Å². The third-order valence-corrected chi connectivity index (χ3v) is 7.43. The number of aryl methyl sites for hydroxylation is 1. The number of halogens is 1. The first-order valence-corrected chi connectivity index (χ1v) is 11.0. The second-order valence-electron chi connectivity index (χ2n) is 7.35. The lowest BCUT2D eigenvalue weighted by molar-refractivity contribution is -0.138. The maximum absolute atomic E-state index is 14.2. The number of fused-ring (bicyclic) bond motifs is 3. The van der Waals surface area contributed by atoms with Crippen LogP contribution in [0.3, 0.4) is 0 Å². The molecule has 1 atom stereocenters. The smallest absolute Gasteiger partial charge is 0.243 e. The lowest BCUT2D eigenvalue weighted by Crippen LogP contribution is -2.55. The minimum Gasteiger partial charge on any atom is -0.333 e. The van der Waals surface area contributed by atoms with Crippen LogP contribution in [0.4, 0.5) is 4.39 Å². The van der Waals surface area contributed by atoms with Gasteiger partial charge in [-0.1, -0.05) is 37.6 Å². The van der Waals surface area contributed by atoms with Crippen LogP contribution < -0.4 is 0 Å². The van der Waals surface area contributed by atoms with Gasteiger partial charge in [0.1, 0.15) is 5.82 Å². The number of carbonyl (C=O) groups is 1. The van der Waals surface area contributed by atoms with Crippen LogP contribution in [-0.4, -0.2) is 43.2 Å². The van der Waals surface area contributed by atoms with Crippen molar-refractivity contribution in [2.45, 2.75) is 37.1 Å². The van der Waals surface area contributed by atoms with E-state index in [1.54, 1.807) is 29.2 Å². The molecule has 1 unspecified atom stereocenters. The van der Waals surface area contributed by atoms with Gasteiger partial charge < -0.3 is 4.90 Å². The quantitative estimate of drug-likeness (QED) is 0.790. The first-order chi connectivity index (χ1) is 13.4. The van der Waals surface area contributed by atoms with Gasteiger partial charge in [0.25, 0.3) is 0 Å². The molecule has 0 saturated carbocycles. The predicted molar refractivity (Wildman–Crippen MR) is 104 cm³/mol. The minimum absolute atomic E-state index is 0.140. The Morgan fingerprint density at radius 3 is 2.61 bits per heavy atom. The van der Waals surface area contributed by atoms with Gasteiger partial charge in [-0.25, -0.2) is 12.8 Å². The van der Waals surface area contributed by atoms with Crippen molar-refractivity contribution in [3.63, 3.8) is 0 Å². The molecule has 1 fully saturated rings. The van der Waals surface area contributed by atoms with Gasteiger partial charge in [-0.05, 0) is 47.7 Å². The van der Waals surface area contributed by atoms with Crippen molar-refractivity contribution in [3.05, 3.63) is 65.0 Å². The Morgan fingerprint density at radius 2 is 1.89 bits per heavy atom. The molecule has 2 aliphatic rings. The van der Waals surface area contributed by atoms with Crippen LogP contribution in [0.25, 0.3) is 0 Å². The molecule has 2 aliphatic heterocycles. The van der Waals surface area contributed by atoms with Gasteiger partial charge in [-0.2, -0.15) is 4.31 Å². The maximum Gasteiger partial charge on any atom is 0.243 e. The van der Waals surface area contributed by atoms with Crippen LogP contribution in [0.5, 0.6) is 0 Å². The van der Waals surface area contributed by atoms with E-state index in [2.05, 4.69) is 6.92 Å². The first kappa shape index (κ1) is 19.1. The van der Waals surface area contributed by atoms with Crippen molar-refractivity contribution < 1.29 is 17.6 Å². The summed E-state index contributed by atoms with van der Waals surface area (Å²) in [5, 5.41) is 0. The number of hydrogen-bond donors (Lipinski definition) is 0. The van der Waals surface area contributed by atoms with Crippen LogP contribution >= 0.6 is 0 Å². The Hall–Kier alpha value is -2.25. The average Bonchev–Trinajstić information content (AvgIpc) is 2.69. The summed E-state index contributed by atoms with van der Waals surface area (Å²) in [5.41, 5.74) is 2.37. The SMILES string of the molecule is CCCc1ccc(S(=O)(=O)N2CC(=O)N3CCc4c(F)cccc4C3C2)cc1. The van der Waals surface area contributed by atoms with E-state index in [9.17, 15) is 17.6 Å². The molecule has 4 rings (SSSR count). The summed E-state index contributed by atoms with van der Waals surface area (Å²) in [6.45, 7) is 2.44. The molecule has 0 radical (unpaired) electrons. The Morgan fingerprint density at radius 1 is 1.14 bits per heavy atom. The molecule has 148 valence electrons. The molecule has 1 amide bonds.